The van der Waals surface area contributed by atoms with Crippen molar-refractivity contribution in [1.29, 1.82) is 0 Å². The number of hydrogen-bond donors (Lipinski definition) is 0. The van der Waals surface area contributed by atoms with Crippen LogP contribution in [0, 0.1) is 0 Å². The number of imide groups is 1. The lowest BCUT2D eigenvalue weighted by atomic mass is 9.72. The van der Waals surface area contributed by atoms with Crippen LogP contribution in [0.3, 0.4) is 0 Å². The van der Waals surface area contributed by atoms with Crippen LogP contribution in [0.5, 0.6) is 0 Å². The van der Waals surface area contributed by atoms with Crippen LogP contribution >= 0.6 is 0 Å². The third-order valence-corrected chi connectivity index (χ3v) is 4.55. The van der Waals surface area contributed by atoms with E-state index in [9.17, 15) is 9.59 Å². The molecule has 2 unspecified atom stereocenters. The molecular weight excluding hydrogens is 282 g/mol. The van der Waals surface area contributed by atoms with E-state index in [1.54, 1.807) is 6.07 Å². The van der Waals surface area contributed by atoms with Crippen LogP contribution in [-0.2, 0) is 19.7 Å². The number of ether oxygens (including phenoxy) is 2. The molecule has 0 N–H and O–H groups in total. The highest BCUT2D eigenvalue weighted by Crippen LogP contribution is 2.39. The third kappa shape index (κ3) is 2.34. The van der Waals surface area contributed by atoms with E-state index < -0.39 is 5.41 Å². The molecule has 3 rings (SSSR count). The summed E-state index contributed by atoms with van der Waals surface area (Å²) in [5.74, 6) is -0.353. The lowest BCUT2D eigenvalue weighted by Gasteiger charge is -2.41. The fourth-order valence-corrected chi connectivity index (χ4v) is 3.40. The maximum atomic E-state index is 12.9. The Hall–Kier alpha value is -1.72. The van der Waals surface area contributed by atoms with Gasteiger partial charge < -0.3 is 9.47 Å². The maximum Gasteiger partial charge on any atom is 0.260 e. The van der Waals surface area contributed by atoms with E-state index in [1.807, 2.05) is 32.0 Å². The average molecular weight is 303 g/mol. The summed E-state index contributed by atoms with van der Waals surface area (Å²) >= 11 is 0. The highest BCUT2D eigenvalue weighted by Gasteiger charge is 2.48. The highest BCUT2D eigenvalue weighted by molar-refractivity contribution is 6.13. The third-order valence-electron chi connectivity index (χ3n) is 4.55. The van der Waals surface area contributed by atoms with E-state index in [0.29, 0.717) is 38.3 Å². The monoisotopic (exact) mass is 303 g/mol. The van der Waals surface area contributed by atoms with Gasteiger partial charge in [0.15, 0.2) is 0 Å². The van der Waals surface area contributed by atoms with Crippen molar-refractivity contribution in [2.24, 2.45) is 0 Å². The molecule has 5 nitrogen and oxygen atoms in total. The molecule has 2 atom stereocenters. The van der Waals surface area contributed by atoms with E-state index >= 15 is 0 Å². The predicted molar refractivity (Wildman–Crippen MR) is 80.7 cm³/mol. The number of likely N-dealkylation sites (N-methyl/N-ethyl adjacent to an activating group) is 1. The van der Waals surface area contributed by atoms with Gasteiger partial charge in [0, 0.05) is 12.1 Å². The van der Waals surface area contributed by atoms with Crippen LogP contribution in [-0.4, -0.2) is 49.2 Å². The van der Waals surface area contributed by atoms with Gasteiger partial charge in [-0.25, -0.2) is 0 Å². The molecule has 1 aromatic rings. The van der Waals surface area contributed by atoms with Gasteiger partial charge >= 0.3 is 0 Å². The van der Waals surface area contributed by atoms with Gasteiger partial charge in [-0.05, 0) is 31.9 Å². The molecule has 0 aromatic heterocycles. The Morgan fingerprint density at radius 3 is 2.73 bits per heavy atom. The Kier molecular flexibility index (Phi) is 4.02. The molecule has 1 aromatic carbocycles. The summed E-state index contributed by atoms with van der Waals surface area (Å²) in [5.41, 5.74) is 0.651. The molecule has 2 aliphatic rings. The summed E-state index contributed by atoms with van der Waals surface area (Å²) in [6, 6.07) is 7.38. The minimum Gasteiger partial charge on any atom is -0.376 e. The average Bonchev–Trinajstić information content (AvgIpc) is 2.55. The molecule has 0 spiro atoms. The summed E-state index contributed by atoms with van der Waals surface area (Å²) in [7, 11) is 0. The van der Waals surface area contributed by atoms with Gasteiger partial charge in [0.2, 0.25) is 5.91 Å². The summed E-state index contributed by atoms with van der Waals surface area (Å²) < 4.78 is 11.2. The molecule has 22 heavy (non-hydrogen) atoms. The van der Waals surface area contributed by atoms with E-state index in [4.69, 9.17) is 9.47 Å². The summed E-state index contributed by atoms with van der Waals surface area (Å²) in [5, 5.41) is 0. The Balaban J connectivity index is 2.01. The first-order valence-electron chi connectivity index (χ1n) is 7.73. The molecule has 2 amide bonds. The summed E-state index contributed by atoms with van der Waals surface area (Å²) in [6.45, 7) is 5.74. The van der Waals surface area contributed by atoms with Crippen LogP contribution in [0.4, 0.5) is 0 Å². The van der Waals surface area contributed by atoms with Gasteiger partial charge in [0.25, 0.3) is 5.91 Å². The second kappa shape index (κ2) is 5.82. The van der Waals surface area contributed by atoms with Gasteiger partial charge in [0.1, 0.15) is 0 Å². The van der Waals surface area contributed by atoms with Crippen molar-refractivity contribution in [3.05, 3.63) is 35.4 Å². The predicted octanol–water partition coefficient (Wildman–Crippen LogP) is 1.75. The van der Waals surface area contributed by atoms with Crippen molar-refractivity contribution >= 4 is 11.8 Å². The van der Waals surface area contributed by atoms with Crippen LogP contribution in [0.1, 0.15) is 36.2 Å². The molecule has 0 saturated carbocycles. The minimum atomic E-state index is -0.758. The number of nitrogens with zero attached hydrogens (tertiary/aromatic N) is 1. The molecule has 0 radical (unpaired) electrons. The van der Waals surface area contributed by atoms with Crippen LogP contribution in [0.2, 0.25) is 0 Å². The SMILES string of the molecule is CCN1C(=O)c2ccccc2C(C)(CC2COCCO2)C1=O. The molecule has 1 fully saturated rings. The first kappa shape index (κ1) is 15.2. The van der Waals surface area contributed by atoms with Gasteiger partial charge in [0.05, 0.1) is 31.3 Å². The summed E-state index contributed by atoms with van der Waals surface area (Å²) in [4.78, 5) is 26.8. The van der Waals surface area contributed by atoms with Gasteiger partial charge in [-0.1, -0.05) is 18.2 Å². The largest absolute Gasteiger partial charge is 0.376 e. The van der Waals surface area contributed by atoms with Crippen molar-refractivity contribution in [2.45, 2.75) is 31.8 Å². The zero-order valence-corrected chi connectivity index (χ0v) is 13.0. The molecule has 1 saturated heterocycles. The number of carbonyl (C=O) groups is 2. The second-order valence-electron chi connectivity index (χ2n) is 6.00. The van der Waals surface area contributed by atoms with Crippen LogP contribution in [0.25, 0.3) is 0 Å². The van der Waals surface area contributed by atoms with Gasteiger partial charge in [-0.15, -0.1) is 0 Å². The summed E-state index contributed by atoms with van der Waals surface area (Å²) in [6.07, 6.45) is 0.398. The maximum absolute atomic E-state index is 12.9. The van der Waals surface area contributed by atoms with E-state index in [1.165, 1.54) is 4.90 Å². The molecule has 2 aliphatic heterocycles. The molecular formula is C17H21NO4. The molecule has 118 valence electrons. The fourth-order valence-electron chi connectivity index (χ4n) is 3.40. The number of rotatable bonds is 3. The van der Waals surface area contributed by atoms with Crippen molar-refractivity contribution in [1.82, 2.24) is 4.90 Å². The van der Waals surface area contributed by atoms with Gasteiger partial charge in [-0.2, -0.15) is 0 Å². The van der Waals surface area contributed by atoms with Gasteiger partial charge in [-0.3, -0.25) is 14.5 Å². The number of benzene rings is 1. The molecule has 5 heteroatoms. The Labute approximate surface area is 130 Å². The number of hydrogen-bond acceptors (Lipinski definition) is 4. The fraction of sp³-hybridized carbons (Fsp3) is 0.529. The molecule has 2 heterocycles. The van der Waals surface area contributed by atoms with Crippen molar-refractivity contribution in [2.75, 3.05) is 26.4 Å². The minimum absolute atomic E-state index is 0.123. The van der Waals surface area contributed by atoms with E-state index in [2.05, 4.69) is 0 Å². The van der Waals surface area contributed by atoms with Crippen LogP contribution < -0.4 is 0 Å². The number of carbonyl (C=O) groups excluding carboxylic acids is 2. The first-order valence-corrected chi connectivity index (χ1v) is 7.73. The smallest absolute Gasteiger partial charge is 0.260 e. The zero-order valence-electron chi connectivity index (χ0n) is 13.0. The first-order chi connectivity index (χ1) is 10.6. The molecule has 0 aliphatic carbocycles. The lowest BCUT2D eigenvalue weighted by Crippen LogP contribution is -2.54. The quantitative estimate of drug-likeness (QED) is 0.798. The Morgan fingerprint density at radius 2 is 2.05 bits per heavy atom. The van der Waals surface area contributed by atoms with Crippen molar-refractivity contribution in [3.63, 3.8) is 0 Å². The van der Waals surface area contributed by atoms with E-state index in [-0.39, 0.29) is 17.9 Å². The standard InChI is InChI=1S/C17H21NO4/c1-3-18-15(19)13-6-4-5-7-14(13)17(2,16(18)20)10-12-11-21-8-9-22-12/h4-7,12H,3,8-11H2,1-2H3. The Bertz CT molecular complexity index is 594. The molecule has 0 bridgehead atoms. The normalized spacial score (nSPS) is 28.6. The highest BCUT2D eigenvalue weighted by atomic mass is 16.6. The second-order valence-corrected chi connectivity index (χ2v) is 6.00. The van der Waals surface area contributed by atoms with Crippen molar-refractivity contribution in [3.8, 4) is 0 Å². The number of fused-ring (bicyclic) bond motifs is 1. The zero-order chi connectivity index (χ0) is 15.7. The lowest BCUT2D eigenvalue weighted by molar-refractivity contribution is -0.140. The number of amides is 2. The van der Waals surface area contributed by atoms with Crippen molar-refractivity contribution < 1.29 is 19.1 Å². The topological polar surface area (TPSA) is 55.8 Å². The Morgan fingerprint density at radius 1 is 1.27 bits per heavy atom. The van der Waals surface area contributed by atoms with Crippen LogP contribution in [0.15, 0.2) is 24.3 Å². The van der Waals surface area contributed by atoms with E-state index in [0.717, 1.165) is 5.56 Å².